The number of hydrogen-bond acceptors (Lipinski definition) is 3. The van der Waals surface area contributed by atoms with Crippen LogP contribution in [0.3, 0.4) is 0 Å². The maximum absolute atomic E-state index is 11.4. The van der Waals surface area contributed by atoms with Gasteiger partial charge in [0, 0.05) is 12.8 Å². The first kappa shape index (κ1) is 8.69. The van der Waals surface area contributed by atoms with Crippen LogP contribution in [0.25, 0.3) is 0 Å². The van der Waals surface area contributed by atoms with Crippen LogP contribution < -0.4 is 5.73 Å². The van der Waals surface area contributed by atoms with E-state index in [-0.39, 0.29) is 17.4 Å². The van der Waals surface area contributed by atoms with Crippen molar-refractivity contribution >= 4 is 11.8 Å². The lowest BCUT2D eigenvalue weighted by Gasteiger charge is -2.29. The third-order valence-corrected chi connectivity index (χ3v) is 3.19. The van der Waals surface area contributed by atoms with Crippen molar-refractivity contribution in [2.24, 2.45) is 5.73 Å². The Morgan fingerprint density at radius 3 is 2.23 bits per heavy atom. The van der Waals surface area contributed by atoms with E-state index in [1.54, 1.807) is 0 Å². The average Bonchev–Trinajstić information content (AvgIpc) is 2.56. The summed E-state index contributed by atoms with van der Waals surface area (Å²) in [5, 5.41) is 0. The molecule has 2 amide bonds. The fourth-order valence-corrected chi connectivity index (χ4v) is 2.55. The predicted octanol–water partition coefficient (Wildman–Crippen LogP) is 0.0168. The molecule has 2 rings (SSSR count). The predicted molar refractivity (Wildman–Crippen MR) is 46.7 cm³/mol. The third kappa shape index (κ3) is 1.09. The van der Waals surface area contributed by atoms with Gasteiger partial charge >= 0.3 is 0 Å². The number of carbonyl (C=O) groups is 2. The van der Waals surface area contributed by atoms with Gasteiger partial charge in [0.25, 0.3) is 0 Å². The van der Waals surface area contributed by atoms with Crippen LogP contribution in [-0.4, -0.2) is 28.8 Å². The highest BCUT2D eigenvalue weighted by Crippen LogP contribution is 2.42. The van der Waals surface area contributed by atoms with E-state index < -0.39 is 0 Å². The Morgan fingerprint density at radius 2 is 1.77 bits per heavy atom. The van der Waals surface area contributed by atoms with Crippen molar-refractivity contribution in [3.05, 3.63) is 0 Å². The van der Waals surface area contributed by atoms with Crippen LogP contribution in [0.5, 0.6) is 0 Å². The summed E-state index contributed by atoms with van der Waals surface area (Å²) in [5.74, 6) is -0.00750. The van der Waals surface area contributed by atoms with E-state index in [1.165, 1.54) is 4.90 Å². The molecule has 2 saturated heterocycles. The van der Waals surface area contributed by atoms with E-state index in [9.17, 15) is 9.59 Å². The molecule has 0 aliphatic carbocycles. The molecular weight excluding hydrogens is 168 g/mol. The van der Waals surface area contributed by atoms with Crippen LogP contribution in [0.1, 0.15) is 32.1 Å². The summed E-state index contributed by atoms with van der Waals surface area (Å²) in [7, 11) is 0. The molecule has 2 aliphatic heterocycles. The van der Waals surface area contributed by atoms with Gasteiger partial charge in [0.2, 0.25) is 11.8 Å². The zero-order chi connectivity index (χ0) is 9.47. The molecule has 2 aliphatic rings. The van der Waals surface area contributed by atoms with Gasteiger partial charge in [-0.3, -0.25) is 14.5 Å². The molecule has 72 valence electrons. The number of nitrogens with zero attached hydrogens (tertiary/aromatic N) is 1. The zero-order valence-corrected chi connectivity index (χ0v) is 7.58. The Hall–Kier alpha value is -0.900. The Morgan fingerprint density at radius 1 is 1.23 bits per heavy atom. The smallest absolute Gasteiger partial charge is 0.229 e. The SMILES string of the molecule is NCCC12CCC(=O)N1C(=O)CC2. The number of imide groups is 1. The summed E-state index contributed by atoms with van der Waals surface area (Å²) in [6, 6.07) is 0. The molecule has 2 fully saturated rings. The Bertz CT molecular complexity index is 242. The topological polar surface area (TPSA) is 63.4 Å². The molecule has 0 unspecified atom stereocenters. The van der Waals surface area contributed by atoms with Gasteiger partial charge in [0.15, 0.2) is 0 Å². The van der Waals surface area contributed by atoms with Gasteiger partial charge in [-0.05, 0) is 25.8 Å². The van der Waals surface area contributed by atoms with Crippen LogP contribution in [0.2, 0.25) is 0 Å². The summed E-state index contributed by atoms with van der Waals surface area (Å²) in [5.41, 5.74) is 5.31. The number of carbonyl (C=O) groups excluding carboxylic acids is 2. The lowest BCUT2D eigenvalue weighted by Crippen LogP contribution is -2.43. The fraction of sp³-hybridized carbons (Fsp3) is 0.778. The lowest BCUT2D eigenvalue weighted by molar-refractivity contribution is -0.142. The number of rotatable bonds is 2. The van der Waals surface area contributed by atoms with Crippen molar-refractivity contribution in [2.75, 3.05) is 6.54 Å². The molecular formula is C9H14N2O2. The molecule has 0 atom stereocenters. The van der Waals surface area contributed by atoms with Crippen LogP contribution >= 0.6 is 0 Å². The molecule has 13 heavy (non-hydrogen) atoms. The summed E-state index contributed by atoms with van der Waals surface area (Å²) in [6.45, 7) is 0.553. The largest absolute Gasteiger partial charge is 0.330 e. The van der Waals surface area contributed by atoms with Gasteiger partial charge in [-0.15, -0.1) is 0 Å². The molecule has 2 N–H and O–H groups in total. The molecule has 0 saturated carbocycles. The second-order valence-electron chi connectivity index (χ2n) is 3.89. The van der Waals surface area contributed by atoms with E-state index in [2.05, 4.69) is 0 Å². The van der Waals surface area contributed by atoms with Gasteiger partial charge in [0.1, 0.15) is 0 Å². The van der Waals surface area contributed by atoms with Gasteiger partial charge in [0.05, 0.1) is 5.54 Å². The second kappa shape index (κ2) is 2.80. The van der Waals surface area contributed by atoms with Gasteiger partial charge < -0.3 is 5.73 Å². The van der Waals surface area contributed by atoms with Crippen molar-refractivity contribution in [2.45, 2.75) is 37.6 Å². The van der Waals surface area contributed by atoms with Crippen LogP contribution in [0.15, 0.2) is 0 Å². The normalized spacial score (nSPS) is 25.5. The minimum atomic E-state index is -0.192. The van der Waals surface area contributed by atoms with Gasteiger partial charge in [-0.25, -0.2) is 0 Å². The number of nitrogens with two attached hydrogens (primary N) is 1. The summed E-state index contributed by atoms with van der Waals surface area (Å²) >= 11 is 0. The standard InChI is InChI=1S/C9H14N2O2/c10-6-5-9-3-1-7(12)11(9)8(13)2-4-9/h1-6,10H2. The maximum Gasteiger partial charge on any atom is 0.229 e. The minimum absolute atomic E-state index is 0.00375. The highest BCUT2D eigenvalue weighted by atomic mass is 16.2. The molecule has 0 bridgehead atoms. The fourth-order valence-electron chi connectivity index (χ4n) is 2.55. The Kier molecular flexibility index (Phi) is 1.87. The first-order chi connectivity index (χ1) is 6.19. The van der Waals surface area contributed by atoms with E-state index in [0.717, 1.165) is 19.3 Å². The number of hydrogen-bond donors (Lipinski definition) is 1. The quantitative estimate of drug-likeness (QED) is 0.612. The van der Waals surface area contributed by atoms with Crippen molar-refractivity contribution < 1.29 is 9.59 Å². The van der Waals surface area contributed by atoms with Gasteiger partial charge in [-0.2, -0.15) is 0 Å². The van der Waals surface area contributed by atoms with Crippen LogP contribution in [-0.2, 0) is 9.59 Å². The van der Waals surface area contributed by atoms with Crippen LogP contribution in [0, 0.1) is 0 Å². The summed E-state index contributed by atoms with van der Waals surface area (Å²) < 4.78 is 0. The van der Waals surface area contributed by atoms with Crippen molar-refractivity contribution in [3.8, 4) is 0 Å². The molecule has 4 heteroatoms. The molecule has 4 nitrogen and oxygen atoms in total. The van der Waals surface area contributed by atoms with E-state index >= 15 is 0 Å². The molecule has 0 aromatic carbocycles. The van der Waals surface area contributed by atoms with Crippen molar-refractivity contribution in [3.63, 3.8) is 0 Å². The average molecular weight is 182 g/mol. The summed E-state index contributed by atoms with van der Waals surface area (Å²) in [6.07, 6.45) is 3.44. The first-order valence-electron chi connectivity index (χ1n) is 4.76. The molecule has 0 spiro atoms. The second-order valence-corrected chi connectivity index (χ2v) is 3.89. The monoisotopic (exact) mass is 182 g/mol. The lowest BCUT2D eigenvalue weighted by atomic mass is 9.90. The molecule has 0 aromatic heterocycles. The summed E-state index contributed by atoms with van der Waals surface area (Å²) in [4.78, 5) is 24.3. The van der Waals surface area contributed by atoms with Crippen molar-refractivity contribution in [1.29, 1.82) is 0 Å². The molecule has 0 radical (unpaired) electrons. The Balaban J connectivity index is 2.27. The zero-order valence-electron chi connectivity index (χ0n) is 7.58. The highest BCUT2D eigenvalue weighted by Gasteiger charge is 2.51. The minimum Gasteiger partial charge on any atom is -0.330 e. The highest BCUT2D eigenvalue weighted by molar-refractivity contribution is 5.99. The third-order valence-electron chi connectivity index (χ3n) is 3.19. The van der Waals surface area contributed by atoms with Gasteiger partial charge in [-0.1, -0.05) is 0 Å². The first-order valence-corrected chi connectivity index (χ1v) is 4.76. The van der Waals surface area contributed by atoms with E-state index in [4.69, 9.17) is 5.73 Å². The van der Waals surface area contributed by atoms with Crippen molar-refractivity contribution in [1.82, 2.24) is 4.90 Å². The number of fused-ring (bicyclic) bond motifs is 1. The molecule has 2 heterocycles. The molecule has 0 aromatic rings. The Labute approximate surface area is 77.1 Å². The van der Waals surface area contributed by atoms with Crippen LogP contribution in [0.4, 0.5) is 0 Å². The van der Waals surface area contributed by atoms with E-state index in [1.807, 2.05) is 0 Å². The van der Waals surface area contributed by atoms with E-state index in [0.29, 0.717) is 19.4 Å². The maximum atomic E-state index is 11.4. The number of amides is 2.